The second kappa shape index (κ2) is 6.11. The van der Waals surface area contributed by atoms with E-state index in [0.29, 0.717) is 31.6 Å². The molecule has 1 aliphatic rings. The lowest BCUT2D eigenvalue weighted by Crippen LogP contribution is -2.36. The summed E-state index contributed by atoms with van der Waals surface area (Å²) in [5.41, 5.74) is 0.391. The van der Waals surface area contributed by atoms with E-state index in [1.807, 2.05) is 0 Å². The maximum atomic E-state index is 13.1. The summed E-state index contributed by atoms with van der Waals surface area (Å²) >= 11 is 0. The van der Waals surface area contributed by atoms with E-state index < -0.39 is 15.8 Å². The summed E-state index contributed by atoms with van der Waals surface area (Å²) in [4.78, 5) is 13.2. The molecule has 1 aromatic rings. The Balaban J connectivity index is 2.25. The molecule has 7 heteroatoms. The zero-order valence-electron chi connectivity index (χ0n) is 12.2. The van der Waals surface area contributed by atoms with Crippen molar-refractivity contribution >= 4 is 15.9 Å². The average Bonchev–Trinajstić information content (AvgIpc) is 2.64. The zero-order chi connectivity index (χ0) is 15.6. The van der Waals surface area contributed by atoms with Crippen molar-refractivity contribution in [2.75, 3.05) is 26.2 Å². The number of carbonyl (C=O) groups excluding carboxylic acids is 1. The van der Waals surface area contributed by atoms with Gasteiger partial charge in [-0.15, -0.1) is 0 Å². The van der Waals surface area contributed by atoms with Gasteiger partial charge in [-0.25, -0.2) is 12.8 Å². The van der Waals surface area contributed by atoms with Gasteiger partial charge in [-0.1, -0.05) is 0 Å². The SMILES string of the molecule is CC(=O)N1CCCN(S(=O)(=O)c2ccc(F)cc2C)CC1. The Morgan fingerprint density at radius 2 is 1.90 bits per heavy atom. The number of halogens is 1. The van der Waals surface area contributed by atoms with Crippen molar-refractivity contribution in [3.63, 3.8) is 0 Å². The van der Waals surface area contributed by atoms with Crippen molar-refractivity contribution in [2.45, 2.75) is 25.2 Å². The summed E-state index contributed by atoms with van der Waals surface area (Å²) in [6, 6.07) is 3.67. The Labute approximate surface area is 124 Å². The first-order valence-electron chi connectivity index (χ1n) is 6.84. The molecule has 116 valence electrons. The van der Waals surface area contributed by atoms with Crippen LogP contribution in [0.2, 0.25) is 0 Å². The number of benzene rings is 1. The third kappa shape index (κ3) is 3.41. The lowest BCUT2D eigenvalue weighted by molar-refractivity contribution is -0.128. The quantitative estimate of drug-likeness (QED) is 0.828. The van der Waals surface area contributed by atoms with E-state index in [1.54, 1.807) is 11.8 Å². The lowest BCUT2D eigenvalue weighted by Gasteiger charge is -2.22. The fraction of sp³-hybridized carbons (Fsp3) is 0.500. The number of rotatable bonds is 2. The van der Waals surface area contributed by atoms with E-state index in [1.165, 1.54) is 23.4 Å². The second-order valence-electron chi connectivity index (χ2n) is 5.17. The minimum absolute atomic E-state index is 0.0489. The number of hydrogen-bond donors (Lipinski definition) is 0. The summed E-state index contributed by atoms with van der Waals surface area (Å²) in [6.45, 7) is 4.63. The molecule has 0 bridgehead atoms. The summed E-state index contributed by atoms with van der Waals surface area (Å²) in [5.74, 6) is -0.503. The smallest absolute Gasteiger partial charge is 0.243 e. The van der Waals surface area contributed by atoms with Crippen molar-refractivity contribution in [1.29, 1.82) is 0 Å². The van der Waals surface area contributed by atoms with Crippen LogP contribution in [0.4, 0.5) is 4.39 Å². The third-order valence-corrected chi connectivity index (χ3v) is 5.71. The number of nitrogens with zero attached hydrogens (tertiary/aromatic N) is 2. The monoisotopic (exact) mass is 314 g/mol. The van der Waals surface area contributed by atoms with Crippen LogP contribution in [0.3, 0.4) is 0 Å². The van der Waals surface area contributed by atoms with Crippen LogP contribution in [-0.4, -0.2) is 49.7 Å². The summed E-state index contributed by atoms with van der Waals surface area (Å²) < 4.78 is 39.8. The lowest BCUT2D eigenvalue weighted by atomic mass is 10.2. The van der Waals surface area contributed by atoms with Crippen LogP contribution in [0, 0.1) is 12.7 Å². The highest BCUT2D eigenvalue weighted by Crippen LogP contribution is 2.22. The first kappa shape index (κ1) is 15.9. The molecule has 1 heterocycles. The normalized spacial score (nSPS) is 17.6. The number of sulfonamides is 1. The molecule has 1 aliphatic heterocycles. The van der Waals surface area contributed by atoms with E-state index in [4.69, 9.17) is 0 Å². The number of amides is 1. The Morgan fingerprint density at radius 3 is 2.52 bits per heavy atom. The summed E-state index contributed by atoms with van der Waals surface area (Å²) in [6.07, 6.45) is 0.596. The standard InChI is InChI=1S/C14H19FN2O3S/c1-11-10-13(15)4-5-14(11)21(19,20)17-7-3-6-16(8-9-17)12(2)18/h4-5,10H,3,6-9H2,1-2H3. The first-order chi connectivity index (χ1) is 9.82. The van der Waals surface area contributed by atoms with Gasteiger partial charge in [-0.3, -0.25) is 4.79 Å². The van der Waals surface area contributed by atoms with E-state index in [0.717, 1.165) is 6.07 Å². The number of hydrogen-bond acceptors (Lipinski definition) is 3. The van der Waals surface area contributed by atoms with Crippen molar-refractivity contribution in [2.24, 2.45) is 0 Å². The molecule has 0 atom stereocenters. The van der Waals surface area contributed by atoms with Gasteiger partial charge in [0.15, 0.2) is 0 Å². The van der Waals surface area contributed by atoms with Gasteiger partial charge in [0, 0.05) is 33.1 Å². The molecule has 0 aliphatic carbocycles. The molecule has 5 nitrogen and oxygen atoms in total. The van der Waals surface area contributed by atoms with Gasteiger partial charge < -0.3 is 4.90 Å². The topological polar surface area (TPSA) is 57.7 Å². The molecule has 1 aromatic carbocycles. The number of aryl methyl sites for hydroxylation is 1. The predicted octanol–water partition coefficient (Wildman–Crippen LogP) is 1.38. The minimum Gasteiger partial charge on any atom is -0.342 e. The maximum Gasteiger partial charge on any atom is 0.243 e. The van der Waals surface area contributed by atoms with Crippen molar-refractivity contribution < 1.29 is 17.6 Å². The highest BCUT2D eigenvalue weighted by molar-refractivity contribution is 7.89. The van der Waals surface area contributed by atoms with Gasteiger partial charge in [0.1, 0.15) is 5.82 Å². The second-order valence-corrected chi connectivity index (χ2v) is 7.08. The van der Waals surface area contributed by atoms with Gasteiger partial charge in [-0.2, -0.15) is 4.31 Å². The Kier molecular flexibility index (Phi) is 4.63. The molecule has 0 N–H and O–H groups in total. The Morgan fingerprint density at radius 1 is 1.19 bits per heavy atom. The van der Waals surface area contributed by atoms with Crippen LogP contribution in [-0.2, 0) is 14.8 Å². The van der Waals surface area contributed by atoms with Crippen LogP contribution in [0.25, 0.3) is 0 Å². The summed E-state index contributed by atoms with van der Waals surface area (Å²) in [7, 11) is -3.65. The van der Waals surface area contributed by atoms with E-state index in [2.05, 4.69) is 0 Å². The van der Waals surface area contributed by atoms with Crippen molar-refractivity contribution in [3.8, 4) is 0 Å². The van der Waals surface area contributed by atoms with Crippen molar-refractivity contribution in [1.82, 2.24) is 9.21 Å². The molecule has 1 saturated heterocycles. The van der Waals surface area contributed by atoms with Gasteiger partial charge in [0.2, 0.25) is 15.9 Å². The van der Waals surface area contributed by atoms with Crippen LogP contribution in [0.1, 0.15) is 18.9 Å². The Bertz CT molecular complexity index is 646. The molecule has 0 spiro atoms. The molecule has 0 unspecified atom stereocenters. The van der Waals surface area contributed by atoms with E-state index in [9.17, 15) is 17.6 Å². The third-order valence-electron chi connectivity index (χ3n) is 3.65. The van der Waals surface area contributed by atoms with E-state index >= 15 is 0 Å². The molecule has 0 radical (unpaired) electrons. The first-order valence-corrected chi connectivity index (χ1v) is 8.28. The Hall–Kier alpha value is -1.47. The van der Waals surface area contributed by atoms with Crippen LogP contribution in [0.15, 0.2) is 23.1 Å². The van der Waals surface area contributed by atoms with E-state index in [-0.39, 0.29) is 17.3 Å². The average molecular weight is 314 g/mol. The fourth-order valence-electron chi connectivity index (χ4n) is 2.49. The molecule has 1 amide bonds. The van der Waals surface area contributed by atoms with Crippen molar-refractivity contribution in [3.05, 3.63) is 29.6 Å². The van der Waals surface area contributed by atoms with Crippen LogP contribution in [0.5, 0.6) is 0 Å². The molecular weight excluding hydrogens is 295 g/mol. The fourth-order valence-corrected chi connectivity index (χ4v) is 4.17. The summed E-state index contributed by atoms with van der Waals surface area (Å²) in [5, 5.41) is 0. The largest absolute Gasteiger partial charge is 0.342 e. The predicted molar refractivity (Wildman–Crippen MR) is 76.8 cm³/mol. The highest BCUT2D eigenvalue weighted by atomic mass is 32.2. The van der Waals surface area contributed by atoms with Gasteiger partial charge in [0.05, 0.1) is 4.90 Å². The molecule has 1 fully saturated rings. The van der Waals surface area contributed by atoms with Crippen LogP contribution < -0.4 is 0 Å². The maximum absolute atomic E-state index is 13.1. The molecule has 0 saturated carbocycles. The van der Waals surface area contributed by atoms with Crippen LogP contribution >= 0.6 is 0 Å². The molecule has 0 aromatic heterocycles. The highest BCUT2D eigenvalue weighted by Gasteiger charge is 2.28. The minimum atomic E-state index is -3.65. The zero-order valence-corrected chi connectivity index (χ0v) is 13.0. The number of carbonyl (C=O) groups is 1. The van der Waals surface area contributed by atoms with Gasteiger partial charge in [-0.05, 0) is 37.1 Å². The molecule has 2 rings (SSSR count). The van der Waals surface area contributed by atoms with Gasteiger partial charge >= 0.3 is 0 Å². The molecular formula is C14H19FN2O3S. The molecule has 21 heavy (non-hydrogen) atoms. The van der Waals surface area contributed by atoms with Gasteiger partial charge in [0.25, 0.3) is 0 Å².